The van der Waals surface area contributed by atoms with E-state index >= 15 is 0 Å². The van der Waals surface area contributed by atoms with Crippen molar-refractivity contribution in [2.24, 2.45) is 5.16 Å². The van der Waals surface area contributed by atoms with Gasteiger partial charge in [0.1, 0.15) is 18.2 Å². The molecule has 1 amide bonds. The Morgan fingerprint density at radius 1 is 1.23 bits per heavy atom. The zero-order valence-corrected chi connectivity index (χ0v) is 14.9. The summed E-state index contributed by atoms with van der Waals surface area (Å²) in [7, 11) is 1.53. The number of halogens is 2. The van der Waals surface area contributed by atoms with Gasteiger partial charge in [0.25, 0.3) is 5.91 Å². The van der Waals surface area contributed by atoms with Gasteiger partial charge in [-0.15, -0.1) is 0 Å². The summed E-state index contributed by atoms with van der Waals surface area (Å²) in [5, 5.41) is 6.41. The van der Waals surface area contributed by atoms with Crippen LogP contribution in [0.2, 0.25) is 0 Å². The van der Waals surface area contributed by atoms with Gasteiger partial charge in [-0.05, 0) is 43.2 Å². The van der Waals surface area contributed by atoms with Crippen LogP contribution in [-0.2, 0) is 16.2 Å². The zero-order valence-electron chi connectivity index (χ0n) is 14.9. The number of benzene rings is 2. The van der Waals surface area contributed by atoms with E-state index < -0.39 is 11.6 Å². The Labute approximate surface area is 151 Å². The van der Waals surface area contributed by atoms with Crippen molar-refractivity contribution in [3.63, 3.8) is 0 Å². The second-order valence-corrected chi connectivity index (χ2v) is 5.73. The van der Waals surface area contributed by atoms with Crippen LogP contribution in [0, 0.1) is 18.6 Å². The quantitative estimate of drug-likeness (QED) is 0.483. The smallest absolute Gasteiger partial charge is 0.251 e. The maximum atomic E-state index is 13.8. The van der Waals surface area contributed by atoms with Crippen molar-refractivity contribution in [2.75, 3.05) is 7.05 Å². The maximum absolute atomic E-state index is 13.8. The Balaban J connectivity index is 2.23. The first-order chi connectivity index (χ1) is 12.3. The summed E-state index contributed by atoms with van der Waals surface area (Å²) in [5.74, 6) is -1.43. The van der Waals surface area contributed by atoms with E-state index in [4.69, 9.17) is 4.84 Å². The summed E-state index contributed by atoms with van der Waals surface area (Å²) in [4.78, 5) is 17.2. The number of carbonyl (C=O) groups excluding carboxylic acids is 1. The van der Waals surface area contributed by atoms with E-state index in [0.29, 0.717) is 11.1 Å². The Kier molecular flexibility index (Phi) is 6.22. The average molecular weight is 358 g/mol. The van der Waals surface area contributed by atoms with Crippen LogP contribution in [0.15, 0.2) is 48.1 Å². The van der Waals surface area contributed by atoms with Gasteiger partial charge in [-0.1, -0.05) is 29.9 Å². The van der Waals surface area contributed by atoms with Crippen molar-refractivity contribution >= 4 is 17.2 Å². The third-order valence-electron chi connectivity index (χ3n) is 3.97. The molecule has 0 saturated heterocycles. The van der Waals surface area contributed by atoms with Gasteiger partial charge in [0.2, 0.25) is 0 Å². The van der Waals surface area contributed by atoms with Crippen molar-refractivity contribution in [3.8, 4) is 0 Å². The number of likely N-dealkylation sites (N-methyl/N-ethyl adjacent to an activating group) is 1. The van der Waals surface area contributed by atoms with Crippen LogP contribution in [0.4, 0.5) is 8.78 Å². The molecule has 136 valence electrons. The molecule has 6 heteroatoms. The van der Waals surface area contributed by atoms with Gasteiger partial charge < -0.3 is 10.2 Å². The lowest BCUT2D eigenvalue weighted by molar-refractivity contribution is -0.115. The highest BCUT2D eigenvalue weighted by atomic mass is 19.1. The molecule has 0 radical (unpaired) electrons. The first kappa shape index (κ1) is 19.3. The van der Waals surface area contributed by atoms with Crippen molar-refractivity contribution < 1.29 is 18.4 Å². The lowest BCUT2D eigenvalue weighted by Gasteiger charge is -2.13. The summed E-state index contributed by atoms with van der Waals surface area (Å²) in [5.41, 5.74) is 2.85. The summed E-state index contributed by atoms with van der Waals surface area (Å²) >= 11 is 0. The van der Waals surface area contributed by atoms with E-state index in [0.717, 1.165) is 29.3 Å². The third kappa shape index (κ3) is 4.33. The van der Waals surface area contributed by atoms with E-state index in [-0.39, 0.29) is 23.8 Å². The minimum absolute atomic E-state index is 0.0322. The molecule has 2 rings (SSSR count). The fourth-order valence-electron chi connectivity index (χ4n) is 2.47. The number of oxime groups is 1. The van der Waals surface area contributed by atoms with Gasteiger partial charge in [-0.3, -0.25) is 4.79 Å². The second-order valence-electron chi connectivity index (χ2n) is 5.73. The Hall–Kier alpha value is -3.02. The first-order valence-corrected chi connectivity index (χ1v) is 7.97. The average Bonchev–Trinajstić information content (AvgIpc) is 2.63. The molecule has 2 aromatic rings. The van der Waals surface area contributed by atoms with Gasteiger partial charge in [-0.2, -0.15) is 0 Å². The van der Waals surface area contributed by atoms with Gasteiger partial charge >= 0.3 is 0 Å². The van der Waals surface area contributed by atoms with Crippen LogP contribution in [0.1, 0.15) is 29.2 Å². The fraction of sp³-hybridized carbons (Fsp3) is 0.200. The lowest BCUT2D eigenvalue weighted by Crippen LogP contribution is -2.19. The van der Waals surface area contributed by atoms with Crippen LogP contribution in [0.3, 0.4) is 0 Å². The molecule has 0 bridgehead atoms. The van der Waals surface area contributed by atoms with E-state index in [1.54, 1.807) is 6.07 Å². The molecule has 1 N–H and O–H groups in total. The molecule has 2 aromatic carbocycles. The predicted molar refractivity (Wildman–Crippen MR) is 97.6 cm³/mol. The summed E-state index contributed by atoms with van der Waals surface area (Å²) < 4.78 is 27.1. The monoisotopic (exact) mass is 358 g/mol. The molecule has 0 unspecified atom stereocenters. The Bertz CT molecular complexity index is 876. The van der Waals surface area contributed by atoms with Crippen molar-refractivity contribution in [1.29, 1.82) is 0 Å². The second kappa shape index (κ2) is 8.38. The first-order valence-electron chi connectivity index (χ1n) is 7.97. The molecule has 26 heavy (non-hydrogen) atoms. The van der Waals surface area contributed by atoms with Gasteiger partial charge in [0.05, 0.1) is 5.71 Å². The third-order valence-corrected chi connectivity index (χ3v) is 3.97. The molecule has 4 nitrogen and oxygen atoms in total. The van der Waals surface area contributed by atoms with E-state index in [9.17, 15) is 13.6 Å². The number of amides is 1. The van der Waals surface area contributed by atoms with Crippen LogP contribution >= 0.6 is 0 Å². The molecule has 0 atom stereocenters. The number of hydrogen-bond acceptors (Lipinski definition) is 3. The summed E-state index contributed by atoms with van der Waals surface area (Å²) in [6.07, 6.45) is 0. The topological polar surface area (TPSA) is 50.7 Å². The van der Waals surface area contributed by atoms with E-state index in [2.05, 4.69) is 17.1 Å². The van der Waals surface area contributed by atoms with Gasteiger partial charge in [-0.25, -0.2) is 8.78 Å². The summed E-state index contributed by atoms with van der Waals surface area (Å²) in [6, 6.07) is 8.60. The maximum Gasteiger partial charge on any atom is 0.251 e. The highest BCUT2D eigenvalue weighted by molar-refractivity contribution is 6.19. The van der Waals surface area contributed by atoms with Crippen molar-refractivity contribution in [2.45, 2.75) is 20.5 Å². The Morgan fingerprint density at radius 2 is 1.96 bits per heavy atom. The van der Waals surface area contributed by atoms with Crippen LogP contribution in [-0.4, -0.2) is 18.7 Å². The van der Waals surface area contributed by atoms with Gasteiger partial charge in [0, 0.05) is 23.7 Å². The molecule has 0 aliphatic heterocycles. The van der Waals surface area contributed by atoms with Crippen molar-refractivity contribution in [3.05, 3.63) is 76.9 Å². The molecule has 0 fully saturated rings. The number of nitrogens with one attached hydrogen (secondary N) is 1. The molecular weight excluding hydrogens is 338 g/mol. The normalized spacial score (nSPS) is 11.2. The van der Waals surface area contributed by atoms with Crippen molar-refractivity contribution in [1.82, 2.24) is 5.32 Å². The molecule has 0 aromatic heterocycles. The number of carbonyl (C=O) groups is 1. The summed E-state index contributed by atoms with van der Waals surface area (Å²) in [6.45, 7) is 7.28. The zero-order chi connectivity index (χ0) is 19.3. The minimum atomic E-state index is -0.583. The molecule has 0 saturated carbocycles. The number of hydrogen-bond donors (Lipinski definition) is 1. The van der Waals surface area contributed by atoms with Crippen LogP contribution in [0.25, 0.3) is 5.57 Å². The number of aryl methyl sites for hydroxylation is 1. The van der Waals surface area contributed by atoms with Gasteiger partial charge in [0.15, 0.2) is 0 Å². The van der Waals surface area contributed by atoms with E-state index in [1.807, 2.05) is 19.1 Å². The standard InChI is InChI=1S/C20H20F2N2O2/c1-12-6-5-7-16(13(2)20(25)23-4)18(12)11-26-24-14(3)17-10-15(21)8-9-19(17)22/h5-10H,2,11H2,1,3-4H3,(H,23,25)/b24-14+. The molecule has 0 heterocycles. The number of nitrogens with zero attached hydrogens (tertiary/aromatic N) is 1. The molecular formula is C20H20F2N2O2. The fourth-order valence-corrected chi connectivity index (χ4v) is 2.47. The Morgan fingerprint density at radius 3 is 2.65 bits per heavy atom. The minimum Gasteiger partial charge on any atom is -0.391 e. The van der Waals surface area contributed by atoms with E-state index in [1.165, 1.54) is 14.0 Å². The molecule has 0 aliphatic rings. The van der Waals surface area contributed by atoms with Crippen LogP contribution < -0.4 is 5.32 Å². The highest BCUT2D eigenvalue weighted by Gasteiger charge is 2.14. The number of rotatable bonds is 6. The SMILES string of the molecule is C=C(C(=O)NC)c1cccc(C)c1CO/N=C(\C)c1cc(F)ccc1F. The molecule has 0 aliphatic carbocycles. The lowest BCUT2D eigenvalue weighted by atomic mass is 9.97. The largest absolute Gasteiger partial charge is 0.391 e. The highest BCUT2D eigenvalue weighted by Crippen LogP contribution is 2.22. The predicted octanol–water partition coefficient (Wildman–Crippen LogP) is 3.97. The molecule has 0 spiro atoms. The van der Waals surface area contributed by atoms with Crippen LogP contribution in [0.5, 0.6) is 0 Å².